The normalized spacial score (nSPS) is 12.7. The monoisotopic (exact) mass is 478 g/mol. The van der Waals surface area contributed by atoms with E-state index in [1.54, 1.807) is 39.9 Å². The molecule has 0 aliphatic carbocycles. The first-order valence-corrected chi connectivity index (χ1v) is 11.3. The quantitative estimate of drug-likeness (QED) is 0.376. The Morgan fingerprint density at radius 3 is 2.58 bits per heavy atom. The van der Waals surface area contributed by atoms with Crippen LogP contribution in [0.2, 0.25) is 0 Å². The van der Waals surface area contributed by atoms with Gasteiger partial charge in [-0.05, 0) is 47.5 Å². The van der Waals surface area contributed by atoms with Gasteiger partial charge in [0.2, 0.25) is 0 Å². The molecule has 9 heteroatoms. The summed E-state index contributed by atoms with van der Waals surface area (Å²) in [5.74, 6) is -0.792. The van der Waals surface area contributed by atoms with Crippen molar-refractivity contribution in [1.82, 2.24) is 9.78 Å². The summed E-state index contributed by atoms with van der Waals surface area (Å²) in [5, 5.41) is 25.4. The first-order valence-electron chi connectivity index (χ1n) is 11.3. The van der Waals surface area contributed by atoms with Gasteiger partial charge in [-0.25, -0.2) is 0 Å². The number of nitrogen functional groups attached to an aromatic ring is 1. The van der Waals surface area contributed by atoms with E-state index in [1.165, 1.54) is 6.20 Å². The molecule has 178 valence electrons. The maximum absolute atomic E-state index is 13.4. The molecular formula is C27H22N6O3. The topological polar surface area (TPSA) is 137 Å². The summed E-state index contributed by atoms with van der Waals surface area (Å²) in [7, 11) is 0. The molecule has 0 bridgehead atoms. The SMILES string of the molecule is N#Cc1cccc(NC(=O)c2cnn3c2C(=O)N(c2ccc(-c4ccc(CO)c(N)c4)cc2)CC3)c1. The van der Waals surface area contributed by atoms with E-state index in [-0.39, 0.29) is 23.8 Å². The Balaban J connectivity index is 1.38. The van der Waals surface area contributed by atoms with Gasteiger partial charge in [0.15, 0.2) is 0 Å². The first kappa shape index (κ1) is 22.8. The highest BCUT2D eigenvalue weighted by atomic mass is 16.3. The molecule has 0 fully saturated rings. The molecule has 0 atom stereocenters. The van der Waals surface area contributed by atoms with Crippen LogP contribution >= 0.6 is 0 Å². The fraction of sp³-hybridized carbons (Fsp3) is 0.111. The van der Waals surface area contributed by atoms with E-state index in [2.05, 4.69) is 10.4 Å². The van der Waals surface area contributed by atoms with E-state index >= 15 is 0 Å². The van der Waals surface area contributed by atoms with Gasteiger partial charge in [0, 0.05) is 29.2 Å². The molecule has 0 saturated carbocycles. The molecule has 2 heterocycles. The van der Waals surface area contributed by atoms with Crippen LogP contribution in [0.4, 0.5) is 17.1 Å². The van der Waals surface area contributed by atoms with Gasteiger partial charge in [0.1, 0.15) is 5.69 Å². The lowest BCUT2D eigenvalue weighted by atomic mass is 10.0. The van der Waals surface area contributed by atoms with Crippen LogP contribution in [-0.4, -0.2) is 33.2 Å². The van der Waals surface area contributed by atoms with Gasteiger partial charge in [0.05, 0.1) is 36.5 Å². The number of hydrogen-bond donors (Lipinski definition) is 3. The lowest BCUT2D eigenvalue weighted by molar-refractivity contribution is 0.0947. The number of aromatic nitrogens is 2. The predicted octanol–water partition coefficient (Wildman–Crippen LogP) is 3.41. The largest absolute Gasteiger partial charge is 0.398 e. The molecule has 1 aliphatic heterocycles. The van der Waals surface area contributed by atoms with Crippen molar-refractivity contribution in [3.63, 3.8) is 0 Å². The van der Waals surface area contributed by atoms with Gasteiger partial charge >= 0.3 is 0 Å². The number of nitrogens with zero attached hydrogens (tertiary/aromatic N) is 4. The summed E-state index contributed by atoms with van der Waals surface area (Å²) in [4.78, 5) is 28.0. The highest BCUT2D eigenvalue weighted by Crippen LogP contribution is 2.29. The van der Waals surface area contributed by atoms with E-state index < -0.39 is 5.91 Å². The number of nitrogens with one attached hydrogen (secondary N) is 1. The van der Waals surface area contributed by atoms with Crippen LogP contribution < -0.4 is 16.0 Å². The number of carbonyl (C=O) groups excluding carboxylic acids is 2. The maximum Gasteiger partial charge on any atom is 0.277 e. The van der Waals surface area contributed by atoms with E-state index in [0.29, 0.717) is 41.3 Å². The number of nitriles is 1. The molecule has 1 aromatic heterocycles. The maximum atomic E-state index is 13.4. The van der Waals surface area contributed by atoms with Crippen molar-refractivity contribution in [1.29, 1.82) is 5.26 Å². The van der Waals surface area contributed by atoms with E-state index in [9.17, 15) is 14.7 Å². The van der Waals surface area contributed by atoms with Gasteiger partial charge in [0.25, 0.3) is 11.8 Å². The lowest BCUT2D eigenvalue weighted by Crippen LogP contribution is -2.41. The Morgan fingerprint density at radius 2 is 1.86 bits per heavy atom. The summed E-state index contributed by atoms with van der Waals surface area (Å²) in [6, 6.07) is 21.6. The number of aliphatic hydroxyl groups excluding tert-OH is 1. The average Bonchev–Trinajstić information content (AvgIpc) is 3.34. The fourth-order valence-electron chi connectivity index (χ4n) is 4.23. The Labute approximate surface area is 207 Å². The third-order valence-corrected chi connectivity index (χ3v) is 6.15. The van der Waals surface area contributed by atoms with Crippen molar-refractivity contribution in [3.8, 4) is 17.2 Å². The number of benzene rings is 3. The van der Waals surface area contributed by atoms with Crippen LogP contribution in [0.15, 0.2) is 72.9 Å². The standard InChI is InChI=1S/C27H22N6O3/c28-14-17-2-1-3-21(12-17)31-26(35)23-15-30-33-11-10-32(27(36)25(23)33)22-8-6-18(7-9-22)19-4-5-20(16-34)24(29)13-19/h1-9,12-13,15,34H,10-11,16,29H2,(H,31,35). The molecule has 3 aromatic carbocycles. The van der Waals surface area contributed by atoms with E-state index in [0.717, 1.165) is 11.1 Å². The van der Waals surface area contributed by atoms with Gasteiger partial charge in [-0.3, -0.25) is 14.3 Å². The first-order chi connectivity index (χ1) is 17.5. The zero-order valence-electron chi connectivity index (χ0n) is 19.2. The van der Waals surface area contributed by atoms with Gasteiger partial charge in [-0.1, -0.05) is 30.3 Å². The summed E-state index contributed by atoms with van der Waals surface area (Å²) in [6.45, 7) is 0.737. The minimum absolute atomic E-state index is 0.120. The van der Waals surface area contributed by atoms with Crippen LogP contribution in [-0.2, 0) is 13.2 Å². The number of anilines is 3. The molecule has 4 aromatic rings. The number of carbonyl (C=O) groups is 2. The van der Waals surface area contributed by atoms with E-state index in [1.807, 2.05) is 42.5 Å². The second-order valence-electron chi connectivity index (χ2n) is 8.35. The van der Waals surface area contributed by atoms with Crippen molar-refractivity contribution < 1.29 is 14.7 Å². The Hall–Kier alpha value is -4.94. The Kier molecular flexibility index (Phi) is 5.94. The third-order valence-electron chi connectivity index (χ3n) is 6.15. The number of rotatable bonds is 5. The number of nitrogens with two attached hydrogens (primary N) is 1. The Morgan fingerprint density at radius 1 is 1.08 bits per heavy atom. The highest BCUT2D eigenvalue weighted by Gasteiger charge is 2.32. The summed E-state index contributed by atoms with van der Waals surface area (Å²) < 4.78 is 1.54. The molecule has 0 spiro atoms. The lowest BCUT2D eigenvalue weighted by Gasteiger charge is -2.28. The zero-order valence-corrected chi connectivity index (χ0v) is 19.2. The molecule has 9 nitrogen and oxygen atoms in total. The molecule has 0 saturated heterocycles. The van der Waals surface area contributed by atoms with Crippen LogP contribution in [0.5, 0.6) is 0 Å². The number of fused-ring (bicyclic) bond motifs is 1. The fourth-order valence-corrected chi connectivity index (χ4v) is 4.23. The van der Waals surface area contributed by atoms with Crippen molar-refractivity contribution in [2.24, 2.45) is 0 Å². The van der Waals surface area contributed by atoms with Gasteiger partial charge < -0.3 is 21.1 Å². The Bertz CT molecular complexity index is 1520. The minimum Gasteiger partial charge on any atom is -0.398 e. The number of aliphatic hydroxyl groups is 1. The molecule has 1 aliphatic rings. The van der Waals surface area contributed by atoms with Crippen molar-refractivity contribution in [2.75, 3.05) is 22.5 Å². The number of hydrogen-bond acceptors (Lipinski definition) is 6. The molecule has 4 N–H and O–H groups in total. The van der Waals surface area contributed by atoms with Crippen LogP contribution in [0, 0.1) is 11.3 Å². The van der Waals surface area contributed by atoms with E-state index in [4.69, 9.17) is 11.0 Å². The minimum atomic E-state index is -0.471. The molecule has 36 heavy (non-hydrogen) atoms. The smallest absolute Gasteiger partial charge is 0.277 e. The summed E-state index contributed by atoms with van der Waals surface area (Å²) in [5.41, 5.74) is 11.0. The third kappa shape index (κ3) is 4.17. The van der Waals surface area contributed by atoms with Crippen molar-refractivity contribution in [3.05, 3.63) is 95.3 Å². The van der Waals surface area contributed by atoms with Crippen molar-refractivity contribution >= 4 is 28.9 Å². The molecule has 2 amide bonds. The highest BCUT2D eigenvalue weighted by molar-refractivity contribution is 6.15. The molecule has 5 rings (SSSR count). The van der Waals surface area contributed by atoms with Crippen LogP contribution in [0.25, 0.3) is 11.1 Å². The molecular weight excluding hydrogens is 456 g/mol. The molecule has 0 radical (unpaired) electrons. The second-order valence-corrected chi connectivity index (χ2v) is 8.35. The van der Waals surface area contributed by atoms with Crippen LogP contribution in [0.1, 0.15) is 32.0 Å². The summed E-state index contributed by atoms with van der Waals surface area (Å²) in [6.07, 6.45) is 1.39. The van der Waals surface area contributed by atoms with Gasteiger partial charge in [-0.15, -0.1) is 0 Å². The zero-order chi connectivity index (χ0) is 25.2. The van der Waals surface area contributed by atoms with Crippen molar-refractivity contribution in [2.45, 2.75) is 13.2 Å². The number of amides is 2. The van der Waals surface area contributed by atoms with Crippen LogP contribution in [0.3, 0.4) is 0 Å². The predicted molar refractivity (Wildman–Crippen MR) is 135 cm³/mol. The van der Waals surface area contributed by atoms with Gasteiger partial charge in [-0.2, -0.15) is 10.4 Å². The second kappa shape index (κ2) is 9.37. The summed E-state index contributed by atoms with van der Waals surface area (Å²) >= 11 is 0. The average molecular weight is 479 g/mol. The molecule has 0 unspecified atom stereocenters.